The number of quaternary nitrogens is 1. The van der Waals surface area contributed by atoms with Gasteiger partial charge in [-0.1, -0.05) is 23.2 Å². The van der Waals surface area contributed by atoms with E-state index in [-0.39, 0.29) is 5.91 Å². The second kappa shape index (κ2) is 7.10. The van der Waals surface area contributed by atoms with Crippen molar-refractivity contribution in [3.8, 4) is 0 Å². The third kappa shape index (κ3) is 4.99. The van der Waals surface area contributed by atoms with Crippen LogP contribution >= 0.6 is 23.2 Å². The third-order valence-electron chi connectivity index (χ3n) is 3.05. The third-order valence-corrected chi connectivity index (χ3v) is 3.49. The predicted molar refractivity (Wildman–Crippen MR) is 76.1 cm³/mol. The minimum absolute atomic E-state index is 0.0164. The van der Waals surface area contributed by atoms with Crippen LogP contribution in [0, 0.1) is 0 Å². The van der Waals surface area contributed by atoms with Crippen molar-refractivity contribution in [1.82, 2.24) is 0 Å². The van der Waals surface area contributed by atoms with Gasteiger partial charge in [0, 0.05) is 15.7 Å². The van der Waals surface area contributed by atoms with Gasteiger partial charge in [0.15, 0.2) is 0 Å². The van der Waals surface area contributed by atoms with Crippen molar-refractivity contribution in [3.63, 3.8) is 0 Å². The van der Waals surface area contributed by atoms with Crippen LogP contribution in [-0.2, 0) is 9.53 Å². The Morgan fingerprint density at radius 1 is 1.21 bits per heavy atom. The van der Waals surface area contributed by atoms with Crippen LogP contribution in [0.5, 0.6) is 0 Å². The highest BCUT2D eigenvalue weighted by atomic mass is 35.5. The number of amides is 1. The summed E-state index contributed by atoms with van der Waals surface area (Å²) in [7, 11) is 0. The average Bonchev–Trinajstić information content (AvgIpc) is 2.36. The molecule has 1 aliphatic rings. The Kier molecular flexibility index (Phi) is 5.45. The number of hydrogen-bond donors (Lipinski definition) is 2. The second-order valence-electron chi connectivity index (χ2n) is 4.57. The van der Waals surface area contributed by atoms with E-state index in [1.54, 1.807) is 18.2 Å². The maximum Gasteiger partial charge on any atom is 0.230 e. The Balaban J connectivity index is 1.80. The van der Waals surface area contributed by atoms with Crippen LogP contribution in [0.2, 0.25) is 10.0 Å². The molecule has 1 aromatic rings. The quantitative estimate of drug-likeness (QED) is 0.879. The van der Waals surface area contributed by atoms with Crippen molar-refractivity contribution in [1.29, 1.82) is 0 Å². The SMILES string of the molecule is O=C(CC[NH+]1CCOCC1)Nc1cc(Cl)cc(Cl)c1. The molecule has 1 aromatic carbocycles. The van der Waals surface area contributed by atoms with E-state index in [0.29, 0.717) is 22.2 Å². The molecule has 104 valence electrons. The van der Waals surface area contributed by atoms with E-state index in [1.165, 1.54) is 4.90 Å². The van der Waals surface area contributed by atoms with Crippen molar-refractivity contribution < 1.29 is 14.4 Å². The van der Waals surface area contributed by atoms with Crippen LogP contribution in [0.1, 0.15) is 6.42 Å². The van der Waals surface area contributed by atoms with Gasteiger partial charge in [-0.15, -0.1) is 0 Å². The van der Waals surface area contributed by atoms with Gasteiger partial charge in [0.05, 0.1) is 26.2 Å². The first kappa shape index (κ1) is 14.6. The summed E-state index contributed by atoms with van der Waals surface area (Å²) in [6.45, 7) is 4.32. The van der Waals surface area contributed by atoms with Gasteiger partial charge >= 0.3 is 0 Å². The highest BCUT2D eigenvalue weighted by Gasteiger charge is 2.15. The first-order valence-electron chi connectivity index (χ1n) is 6.31. The summed E-state index contributed by atoms with van der Waals surface area (Å²) >= 11 is 11.8. The smallest absolute Gasteiger partial charge is 0.230 e. The van der Waals surface area contributed by atoms with Crippen molar-refractivity contribution >= 4 is 34.8 Å². The van der Waals surface area contributed by atoms with Gasteiger partial charge in [-0.05, 0) is 18.2 Å². The van der Waals surface area contributed by atoms with Crippen LogP contribution in [-0.4, -0.2) is 38.8 Å². The van der Waals surface area contributed by atoms with Crippen molar-refractivity contribution in [2.45, 2.75) is 6.42 Å². The molecule has 0 aromatic heterocycles. The molecule has 0 radical (unpaired) electrons. The second-order valence-corrected chi connectivity index (χ2v) is 5.44. The summed E-state index contributed by atoms with van der Waals surface area (Å²) in [6, 6.07) is 5.01. The molecule has 0 aliphatic carbocycles. The summed E-state index contributed by atoms with van der Waals surface area (Å²) in [4.78, 5) is 13.2. The number of carbonyl (C=O) groups excluding carboxylic acids is 1. The number of nitrogens with one attached hydrogen (secondary N) is 2. The molecule has 6 heteroatoms. The van der Waals surface area contributed by atoms with E-state index >= 15 is 0 Å². The zero-order valence-electron chi connectivity index (χ0n) is 10.5. The standard InChI is InChI=1S/C13H16Cl2N2O2/c14-10-7-11(15)9-12(8-10)16-13(18)1-2-17-3-5-19-6-4-17/h7-9H,1-6H2,(H,16,18)/p+1. The molecular weight excluding hydrogens is 287 g/mol. The summed E-state index contributed by atoms with van der Waals surface area (Å²) in [5.41, 5.74) is 0.638. The fraction of sp³-hybridized carbons (Fsp3) is 0.462. The van der Waals surface area contributed by atoms with Crippen LogP contribution in [0.4, 0.5) is 5.69 Å². The molecule has 1 fully saturated rings. The topological polar surface area (TPSA) is 42.8 Å². The average molecular weight is 304 g/mol. The lowest BCUT2D eigenvalue weighted by molar-refractivity contribution is -0.907. The zero-order valence-corrected chi connectivity index (χ0v) is 12.1. The molecule has 1 heterocycles. The fourth-order valence-corrected chi connectivity index (χ4v) is 2.58. The number of anilines is 1. The molecule has 0 atom stereocenters. The number of carbonyl (C=O) groups is 1. The highest BCUT2D eigenvalue weighted by Crippen LogP contribution is 2.22. The normalized spacial score (nSPS) is 16.3. The molecule has 4 nitrogen and oxygen atoms in total. The summed E-state index contributed by atoms with van der Waals surface area (Å²) < 4.78 is 5.28. The predicted octanol–water partition coefficient (Wildman–Crippen LogP) is 1.24. The van der Waals surface area contributed by atoms with Crippen LogP contribution < -0.4 is 10.2 Å². The minimum Gasteiger partial charge on any atom is -0.370 e. The van der Waals surface area contributed by atoms with Crippen LogP contribution in [0.15, 0.2) is 18.2 Å². The van der Waals surface area contributed by atoms with Gasteiger partial charge in [0.25, 0.3) is 0 Å². The van der Waals surface area contributed by atoms with E-state index in [9.17, 15) is 4.79 Å². The van der Waals surface area contributed by atoms with E-state index in [4.69, 9.17) is 27.9 Å². The van der Waals surface area contributed by atoms with Gasteiger partial charge in [0.2, 0.25) is 5.91 Å². The molecule has 19 heavy (non-hydrogen) atoms. The largest absolute Gasteiger partial charge is 0.370 e. The Morgan fingerprint density at radius 2 is 1.84 bits per heavy atom. The van der Waals surface area contributed by atoms with E-state index in [0.717, 1.165) is 32.8 Å². The molecule has 0 saturated carbocycles. The lowest BCUT2D eigenvalue weighted by Crippen LogP contribution is -3.14. The Morgan fingerprint density at radius 3 is 2.47 bits per heavy atom. The van der Waals surface area contributed by atoms with Crippen molar-refractivity contribution in [2.24, 2.45) is 0 Å². The molecule has 0 spiro atoms. The highest BCUT2D eigenvalue weighted by molar-refractivity contribution is 6.35. The Labute approximate surface area is 122 Å². The van der Waals surface area contributed by atoms with Gasteiger partial charge in [-0.2, -0.15) is 0 Å². The first-order valence-corrected chi connectivity index (χ1v) is 7.06. The lowest BCUT2D eigenvalue weighted by atomic mass is 10.3. The number of rotatable bonds is 4. The van der Waals surface area contributed by atoms with Gasteiger partial charge in [-0.25, -0.2) is 0 Å². The van der Waals surface area contributed by atoms with E-state index < -0.39 is 0 Å². The maximum absolute atomic E-state index is 11.8. The number of ether oxygens (including phenoxy) is 1. The lowest BCUT2D eigenvalue weighted by Gasteiger charge is -2.23. The molecule has 0 bridgehead atoms. The zero-order chi connectivity index (χ0) is 13.7. The summed E-state index contributed by atoms with van der Waals surface area (Å²) in [5, 5.41) is 3.84. The first-order chi connectivity index (χ1) is 9.13. The Hall–Kier alpha value is -0.810. The van der Waals surface area contributed by atoms with Crippen molar-refractivity contribution in [3.05, 3.63) is 28.2 Å². The molecule has 2 N–H and O–H groups in total. The summed E-state index contributed by atoms with van der Waals surface area (Å²) in [5.74, 6) is -0.0164. The van der Waals surface area contributed by atoms with Crippen LogP contribution in [0.25, 0.3) is 0 Å². The van der Waals surface area contributed by atoms with Gasteiger partial charge in [-0.3, -0.25) is 4.79 Å². The van der Waals surface area contributed by atoms with E-state index in [2.05, 4.69) is 5.32 Å². The van der Waals surface area contributed by atoms with E-state index in [1.807, 2.05) is 0 Å². The fourth-order valence-electron chi connectivity index (χ4n) is 2.05. The molecule has 2 rings (SSSR count). The molecule has 1 aliphatic heterocycles. The molecule has 1 saturated heterocycles. The number of halogens is 2. The summed E-state index contributed by atoms with van der Waals surface area (Å²) in [6.07, 6.45) is 0.486. The minimum atomic E-state index is -0.0164. The Bertz CT molecular complexity index is 428. The molecule has 0 unspecified atom stereocenters. The van der Waals surface area contributed by atoms with Gasteiger partial charge in [0.1, 0.15) is 13.1 Å². The maximum atomic E-state index is 11.8. The number of morpholine rings is 1. The molecule has 1 amide bonds. The number of benzene rings is 1. The monoisotopic (exact) mass is 303 g/mol. The van der Waals surface area contributed by atoms with Gasteiger partial charge < -0.3 is 15.0 Å². The van der Waals surface area contributed by atoms with Crippen LogP contribution in [0.3, 0.4) is 0 Å². The molecular formula is C13H17Cl2N2O2+. The number of hydrogen-bond acceptors (Lipinski definition) is 2. The van der Waals surface area contributed by atoms with Crippen molar-refractivity contribution in [2.75, 3.05) is 38.2 Å².